The molecule has 0 saturated carbocycles. The Labute approximate surface area is 149 Å². The van der Waals surface area contributed by atoms with Crippen LogP contribution >= 0.6 is 0 Å². The maximum absolute atomic E-state index is 12.0. The second-order valence-electron chi connectivity index (χ2n) is 5.70. The van der Waals surface area contributed by atoms with Gasteiger partial charge in [-0.15, -0.1) is 0 Å². The third-order valence-electron chi connectivity index (χ3n) is 3.66. The van der Waals surface area contributed by atoms with Crippen molar-refractivity contribution in [3.05, 3.63) is 54.1 Å². The van der Waals surface area contributed by atoms with Gasteiger partial charge in [-0.05, 0) is 49.6 Å². The van der Waals surface area contributed by atoms with Crippen LogP contribution in [0.15, 0.2) is 48.5 Å². The molecule has 0 aliphatic heterocycles. The van der Waals surface area contributed by atoms with E-state index >= 15 is 0 Å². The molecule has 4 heteroatoms. The fraction of sp³-hybridized carbons (Fsp3) is 0.381. The molecular weight excluding hydrogens is 316 g/mol. The Kier molecular flexibility index (Phi) is 7.83. The zero-order valence-electron chi connectivity index (χ0n) is 15.0. The summed E-state index contributed by atoms with van der Waals surface area (Å²) in [6.45, 7) is 5.33. The largest absolute Gasteiger partial charge is 0.490 e. The van der Waals surface area contributed by atoms with E-state index in [1.54, 1.807) is 12.1 Å². The standard InChI is InChI=1S/C21H26O4/c1-3-5-15-24-19-13-11-17(16-20(19)23-4-2)12-14-21(22)25-18-9-7-6-8-10-18/h6-11,13,16H,3-5,12,14-15H2,1-2H3. The van der Waals surface area contributed by atoms with Crippen molar-refractivity contribution >= 4 is 5.97 Å². The van der Waals surface area contributed by atoms with E-state index in [0.717, 1.165) is 29.9 Å². The van der Waals surface area contributed by atoms with E-state index in [-0.39, 0.29) is 5.97 Å². The van der Waals surface area contributed by atoms with Crippen molar-refractivity contribution in [2.45, 2.75) is 39.5 Å². The SMILES string of the molecule is CCCCOc1ccc(CCC(=O)Oc2ccccc2)cc1OCC. The van der Waals surface area contributed by atoms with Gasteiger partial charge in [0, 0.05) is 6.42 Å². The molecule has 0 spiro atoms. The van der Waals surface area contributed by atoms with Gasteiger partial charge in [-0.1, -0.05) is 37.6 Å². The summed E-state index contributed by atoms with van der Waals surface area (Å²) in [5, 5.41) is 0. The molecule has 2 rings (SSSR count). The van der Waals surface area contributed by atoms with Crippen molar-refractivity contribution in [2.75, 3.05) is 13.2 Å². The Morgan fingerprint density at radius 3 is 2.48 bits per heavy atom. The Morgan fingerprint density at radius 2 is 1.76 bits per heavy atom. The molecule has 0 radical (unpaired) electrons. The van der Waals surface area contributed by atoms with Gasteiger partial charge in [0.15, 0.2) is 11.5 Å². The normalized spacial score (nSPS) is 10.3. The topological polar surface area (TPSA) is 44.8 Å². The van der Waals surface area contributed by atoms with Gasteiger partial charge in [-0.25, -0.2) is 0 Å². The molecule has 2 aromatic carbocycles. The summed E-state index contributed by atoms with van der Waals surface area (Å²) >= 11 is 0. The van der Waals surface area contributed by atoms with Gasteiger partial charge in [0.1, 0.15) is 5.75 Å². The van der Waals surface area contributed by atoms with Gasteiger partial charge in [-0.3, -0.25) is 4.79 Å². The van der Waals surface area contributed by atoms with E-state index in [4.69, 9.17) is 14.2 Å². The maximum Gasteiger partial charge on any atom is 0.311 e. The van der Waals surface area contributed by atoms with E-state index in [2.05, 4.69) is 6.92 Å². The number of unbranched alkanes of at least 4 members (excludes halogenated alkanes) is 1. The molecule has 0 aliphatic carbocycles. The zero-order valence-corrected chi connectivity index (χ0v) is 15.0. The average Bonchev–Trinajstić information content (AvgIpc) is 2.63. The number of hydrogen-bond donors (Lipinski definition) is 0. The summed E-state index contributed by atoms with van der Waals surface area (Å²) in [5.41, 5.74) is 1.02. The first-order chi connectivity index (χ1) is 12.2. The minimum Gasteiger partial charge on any atom is -0.490 e. The quantitative estimate of drug-likeness (QED) is 0.353. The number of benzene rings is 2. The Morgan fingerprint density at radius 1 is 0.960 bits per heavy atom. The lowest BCUT2D eigenvalue weighted by atomic mass is 10.1. The molecule has 0 heterocycles. The van der Waals surface area contributed by atoms with Crippen LogP contribution < -0.4 is 14.2 Å². The first-order valence-electron chi connectivity index (χ1n) is 8.87. The fourth-order valence-electron chi connectivity index (χ4n) is 2.34. The molecule has 0 unspecified atom stereocenters. The third-order valence-corrected chi connectivity index (χ3v) is 3.66. The molecular formula is C21H26O4. The molecule has 0 saturated heterocycles. The van der Waals surface area contributed by atoms with Gasteiger partial charge in [0.05, 0.1) is 13.2 Å². The van der Waals surface area contributed by atoms with Crippen LogP contribution in [0.3, 0.4) is 0 Å². The highest BCUT2D eigenvalue weighted by Gasteiger charge is 2.09. The van der Waals surface area contributed by atoms with Gasteiger partial charge in [-0.2, -0.15) is 0 Å². The average molecular weight is 342 g/mol. The highest BCUT2D eigenvalue weighted by Crippen LogP contribution is 2.29. The summed E-state index contributed by atoms with van der Waals surface area (Å²) in [7, 11) is 0. The van der Waals surface area contributed by atoms with Gasteiger partial charge < -0.3 is 14.2 Å². The number of carbonyl (C=O) groups is 1. The number of para-hydroxylation sites is 1. The predicted octanol–water partition coefficient (Wildman–Crippen LogP) is 4.80. The zero-order chi connectivity index (χ0) is 17.9. The minimum atomic E-state index is -0.243. The van der Waals surface area contributed by atoms with Crippen LogP contribution in [0.2, 0.25) is 0 Å². The van der Waals surface area contributed by atoms with Crippen LogP contribution in [0.5, 0.6) is 17.2 Å². The molecule has 0 aliphatic rings. The molecule has 0 N–H and O–H groups in total. The molecule has 0 bridgehead atoms. The van der Waals surface area contributed by atoms with Crippen LogP contribution in [-0.4, -0.2) is 19.2 Å². The van der Waals surface area contributed by atoms with E-state index in [1.165, 1.54) is 0 Å². The summed E-state index contributed by atoms with van der Waals surface area (Å²) in [4.78, 5) is 12.0. The van der Waals surface area contributed by atoms with Crippen LogP contribution in [0.4, 0.5) is 0 Å². The van der Waals surface area contributed by atoms with Crippen molar-refractivity contribution in [3.63, 3.8) is 0 Å². The molecule has 0 amide bonds. The number of carbonyl (C=O) groups excluding carboxylic acids is 1. The lowest BCUT2D eigenvalue weighted by Crippen LogP contribution is -2.09. The Hall–Kier alpha value is -2.49. The highest BCUT2D eigenvalue weighted by molar-refractivity contribution is 5.72. The summed E-state index contributed by atoms with van der Waals surface area (Å²) in [5.74, 6) is 1.81. The first kappa shape index (κ1) is 18.8. The van der Waals surface area contributed by atoms with Crippen LogP contribution in [0.1, 0.15) is 38.7 Å². The fourth-order valence-corrected chi connectivity index (χ4v) is 2.34. The monoisotopic (exact) mass is 342 g/mol. The minimum absolute atomic E-state index is 0.243. The summed E-state index contributed by atoms with van der Waals surface area (Å²) in [6, 6.07) is 14.9. The van der Waals surface area contributed by atoms with Crippen LogP contribution in [-0.2, 0) is 11.2 Å². The molecule has 25 heavy (non-hydrogen) atoms. The molecule has 2 aromatic rings. The van der Waals surface area contributed by atoms with E-state index < -0.39 is 0 Å². The number of ether oxygens (including phenoxy) is 3. The summed E-state index contributed by atoms with van der Waals surface area (Å²) in [6.07, 6.45) is 3.02. The first-order valence-corrected chi connectivity index (χ1v) is 8.87. The van der Waals surface area contributed by atoms with Crippen LogP contribution in [0, 0.1) is 0 Å². The third kappa shape index (κ3) is 6.49. The van der Waals surface area contributed by atoms with E-state index in [0.29, 0.717) is 31.8 Å². The molecule has 0 fully saturated rings. The van der Waals surface area contributed by atoms with E-state index in [9.17, 15) is 4.79 Å². The maximum atomic E-state index is 12.0. The van der Waals surface area contributed by atoms with Crippen molar-refractivity contribution < 1.29 is 19.0 Å². The number of aryl methyl sites for hydroxylation is 1. The van der Waals surface area contributed by atoms with Crippen LogP contribution in [0.25, 0.3) is 0 Å². The smallest absolute Gasteiger partial charge is 0.311 e. The van der Waals surface area contributed by atoms with E-state index in [1.807, 2.05) is 43.3 Å². The Balaban J connectivity index is 1.92. The number of rotatable bonds is 10. The molecule has 4 nitrogen and oxygen atoms in total. The lowest BCUT2D eigenvalue weighted by molar-refractivity contribution is -0.134. The van der Waals surface area contributed by atoms with Crippen molar-refractivity contribution in [1.29, 1.82) is 0 Å². The predicted molar refractivity (Wildman–Crippen MR) is 98.4 cm³/mol. The molecule has 0 atom stereocenters. The second kappa shape index (κ2) is 10.4. The number of esters is 1. The van der Waals surface area contributed by atoms with Crippen molar-refractivity contribution in [3.8, 4) is 17.2 Å². The van der Waals surface area contributed by atoms with Crippen molar-refractivity contribution in [1.82, 2.24) is 0 Å². The van der Waals surface area contributed by atoms with Gasteiger partial charge in [0.2, 0.25) is 0 Å². The summed E-state index contributed by atoms with van der Waals surface area (Å²) < 4.78 is 16.8. The lowest BCUT2D eigenvalue weighted by Gasteiger charge is -2.13. The Bertz CT molecular complexity index is 652. The second-order valence-corrected chi connectivity index (χ2v) is 5.70. The van der Waals surface area contributed by atoms with Crippen molar-refractivity contribution in [2.24, 2.45) is 0 Å². The number of hydrogen-bond acceptors (Lipinski definition) is 4. The van der Waals surface area contributed by atoms with Gasteiger partial charge >= 0.3 is 5.97 Å². The molecule has 134 valence electrons. The van der Waals surface area contributed by atoms with Gasteiger partial charge in [0.25, 0.3) is 0 Å². The molecule has 0 aromatic heterocycles. The highest BCUT2D eigenvalue weighted by atomic mass is 16.5.